The maximum atomic E-state index is 6.02. The molecule has 1 aliphatic rings. The largest absolute Gasteiger partial charge is 0.369 e. The van der Waals surface area contributed by atoms with E-state index in [2.05, 4.69) is 26.5 Å². The first-order valence-corrected chi connectivity index (χ1v) is 6.02. The number of rotatable bonds is 1. The Morgan fingerprint density at radius 3 is 3.18 bits per heavy atom. The van der Waals surface area contributed by atoms with E-state index < -0.39 is 0 Å². The van der Waals surface area contributed by atoms with Crippen LogP contribution in [0, 0.1) is 0 Å². The fraction of sp³-hybridized carbons (Fsp3) is 0.500. The van der Waals surface area contributed by atoms with Gasteiger partial charge in [0.2, 0.25) is 5.95 Å². The highest BCUT2D eigenvalue weighted by molar-refractivity contribution is 5.74. The Morgan fingerprint density at radius 2 is 2.35 bits per heavy atom. The van der Waals surface area contributed by atoms with E-state index in [1.807, 2.05) is 12.1 Å². The fourth-order valence-electron chi connectivity index (χ4n) is 2.66. The molecular weight excluding hydrogens is 214 g/mol. The number of nitrogen functional groups attached to an aromatic ring is 1. The number of piperidine rings is 1. The quantitative estimate of drug-likeness (QED) is 0.803. The molecule has 5 heteroatoms. The molecule has 1 saturated heterocycles. The van der Waals surface area contributed by atoms with Crippen LogP contribution in [-0.2, 0) is 0 Å². The topological polar surface area (TPSA) is 60.0 Å². The number of pyridine rings is 1. The Morgan fingerprint density at radius 1 is 1.47 bits per heavy atom. The monoisotopic (exact) mass is 231 g/mol. The second-order valence-corrected chi connectivity index (χ2v) is 4.74. The van der Waals surface area contributed by atoms with Crippen molar-refractivity contribution in [1.29, 1.82) is 0 Å². The summed E-state index contributed by atoms with van der Waals surface area (Å²) >= 11 is 0. The van der Waals surface area contributed by atoms with Gasteiger partial charge in [-0.3, -0.25) is 4.57 Å². The Labute approximate surface area is 100 Å². The normalized spacial score (nSPS) is 22.1. The molecule has 5 nitrogen and oxygen atoms in total. The van der Waals surface area contributed by atoms with Gasteiger partial charge in [0, 0.05) is 12.7 Å². The summed E-state index contributed by atoms with van der Waals surface area (Å²) in [5.41, 5.74) is 7.82. The van der Waals surface area contributed by atoms with Crippen molar-refractivity contribution in [1.82, 2.24) is 19.4 Å². The van der Waals surface area contributed by atoms with Crippen LogP contribution in [0.4, 0.5) is 5.95 Å². The Balaban J connectivity index is 2.06. The molecule has 0 aliphatic carbocycles. The van der Waals surface area contributed by atoms with Crippen molar-refractivity contribution in [2.75, 3.05) is 25.9 Å². The van der Waals surface area contributed by atoms with Gasteiger partial charge in [-0.2, -0.15) is 0 Å². The van der Waals surface area contributed by atoms with Crippen molar-refractivity contribution in [3.63, 3.8) is 0 Å². The third-order valence-corrected chi connectivity index (χ3v) is 3.44. The summed E-state index contributed by atoms with van der Waals surface area (Å²) < 4.78 is 2.09. The molecular formula is C12H17N5. The number of aromatic nitrogens is 3. The molecule has 90 valence electrons. The lowest BCUT2D eigenvalue weighted by molar-refractivity contribution is 0.216. The highest BCUT2D eigenvalue weighted by Crippen LogP contribution is 2.27. The van der Waals surface area contributed by atoms with E-state index in [0.717, 1.165) is 30.7 Å². The molecule has 2 aromatic heterocycles. The summed E-state index contributed by atoms with van der Waals surface area (Å²) in [4.78, 5) is 11.1. The smallest absolute Gasteiger partial charge is 0.202 e. The van der Waals surface area contributed by atoms with Gasteiger partial charge in [-0.15, -0.1) is 0 Å². The predicted octanol–water partition coefficient (Wildman–Crippen LogP) is 1.28. The summed E-state index contributed by atoms with van der Waals surface area (Å²) in [5, 5.41) is 0. The number of hydrogen-bond donors (Lipinski definition) is 1. The van der Waals surface area contributed by atoms with E-state index >= 15 is 0 Å². The van der Waals surface area contributed by atoms with Crippen molar-refractivity contribution in [2.24, 2.45) is 0 Å². The summed E-state index contributed by atoms with van der Waals surface area (Å²) in [6, 6.07) is 4.25. The zero-order chi connectivity index (χ0) is 11.8. The lowest BCUT2D eigenvalue weighted by atomic mass is 10.1. The Hall–Kier alpha value is -1.62. The number of fused-ring (bicyclic) bond motifs is 1. The molecule has 2 aromatic rings. The Kier molecular flexibility index (Phi) is 2.48. The first-order chi connectivity index (χ1) is 8.25. The predicted molar refractivity (Wildman–Crippen MR) is 67.7 cm³/mol. The fourth-order valence-corrected chi connectivity index (χ4v) is 2.66. The van der Waals surface area contributed by atoms with Crippen LogP contribution in [0.3, 0.4) is 0 Å². The van der Waals surface area contributed by atoms with Crippen LogP contribution >= 0.6 is 0 Å². The average molecular weight is 231 g/mol. The molecule has 1 aliphatic heterocycles. The minimum absolute atomic E-state index is 0.397. The van der Waals surface area contributed by atoms with E-state index in [9.17, 15) is 0 Å². The van der Waals surface area contributed by atoms with Crippen LogP contribution in [0.5, 0.6) is 0 Å². The van der Waals surface area contributed by atoms with Crippen molar-refractivity contribution in [3.05, 3.63) is 18.3 Å². The molecule has 0 aromatic carbocycles. The number of nitrogens with two attached hydrogens (primary N) is 1. The first-order valence-electron chi connectivity index (χ1n) is 6.02. The van der Waals surface area contributed by atoms with Gasteiger partial charge in [-0.05, 0) is 38.6 Å². The third-order valence-electron chi connectivity index (χ3n) is 3.44. The molecule has 3 rings (SSSR count). The molecule has 0 amide bonds. The van der Waals surface area contributed by atoms with Crippen LogP contribution < -0.4 is 5.73 Å². The van der Waals surface area contributed by atoms with Crippen molar-refractivity contribution < 1.29 is 0 Å². The molecule has 1 fully saturated rings. The van der Waals surface area contributed by atoms with Gasteiger partial charge in [0.1, 0.15) is 5.52 Å². The Bertz CT molecular complexity index is 533. The van der Waals surface area contributed by atoms with Gasteiger partial charge < -0.3 is 10.6 Å². The van der Waals surface area contributed by atoms with E-state index in [0.29, 0.717) is 12.0 Å². The van der Waals surface area contributed by atoms with E-state index in [-0.39, 0.29) is 0 Å². The highest BCUT2D eigenvalue weighted by Gasteiger charge is 2.22. The van der Waals surface area contributed by atoms with Crippen LogP contribution in [-0.4, -0.2) is 39.6 Å². The van der Waals surface area contributed by atoms with Gasteiger partial charge in [0.05, 0.1) is 6.04 Å². The lowest BCUT2D eigenvalue weighted by Gasteiger charge is -2.31. The van der Waals surface area contributed by atoms with Gasteiger partial charge in [-0.25, -0.2) is 9.97 Å². The van der Waals surface area contributed by atoms with Crippen LogP contribution in [0.2, 0.25) is 0 Å². The van der Waals surface area contributed by atoms with E-state index in [1.165, 1.54) is 6.42 Å². The molecule has 17 heavy (non-hydrogen) atoms. The standard InChI is InChI=1S/C12H17N5/c1-16-7-3-4-9(8-16)17-11-10(15-12(17)13)5-2-6-14-11/h2,5-6,9H,3-4,7-8H2,1H3,(H2,13,15). The number of likely N-dealkylation sites (tertiary alicyclic amines) is 1. The van der Waals surface area contributed by atoms with Crippen LogP contribution in [0.25, 0.3) is 11.2 Å². The van der Waals surface area contributed by atoms with Crippen molar-refractivity contribution in [2.45, 2.75) is 18.9 Å². The molecule has 1 atom stereocenters. The molecule has 0 bridgehead atoms. The SMILES string of the molecule is CN1CCCC(n2c(N)nc3cccnc32)C1. The van der Waals surface area contributed by atoms with Gasteiger partial charge >= 0.3 is 0 Å². The maximum absolute atomic E-state index is 6.02. The number of nitrogens with zero attached hydrogens (tertiary/aromatic N) is 4. The summed E-state index contributed by atoms with van der Waals surface area (Å²) in [6.45, 7) is 2.18. The number of hydrogen-bond acceptors (Lipinski definition) is 4. The molecule has 2 N–H and O–H groups in total. The number of anilines is 1. The molecule has 0 radical (unpaired) electrons. The highest BCUT2D eigenvalue weighted by atomic mass is 15.2. The summed E-state index contributed by atoms with van der Waals surface area (Å²) in [7, 11) is 2.15. The average Bonchev–Trinajstić information content (AvgIpc) is 2.64. The number of imidazole rings is 1. The minimum Gasteiger partial charge on any atom is -0.369 e. The van der Waals surface area contributed by atoms with Crippen LogP contribution in [0.1, 0.15) is 18.9 Å². The second-order valence-electron chi connectivity index (χ2n) is 4.74. The van der Waals surface area contributed by atoms with Gasteiger partial charge in [0.25, 0.3) is 0 Å². The summed E-state index contributed by atoms with van der Waals surface area (Å²) in [6.07, 6.45) is 4.15. The molecule has 1 unspecified atom stereocenters. The summed E-state index contributed by atoms with van der Waals surface area (Å²) in [5.74, 6) is 0.582. The first kappa shape index (κ1) is 10.5. The van der Waals surface area contributed by atoms with E-state index in [4.69, 9.17) is 5.73 Å². The van der Waals surface area contributed by atoms with Crippen molar-refractivity contribution >= 4 is 17.1 Å². The minimum atomic E-state index is 0.397. The van der Waals surface area contributed by atoms with Crippen molar-refractivity contribution in [3.8, 4) is 0 Å². The van der Waals surface area contributed by atoms with E-state index in [1.54, 1.807) is 6.20 Å². The lowest BCUT2D eigenvalue weighted by Crippen LogP contribution is -2.34. The zero-order valence-electron chi connectivity index (χ0n) is 10.0. The van der Waals surface area contributed by atoms with Gasteiger partial charge in [-0.1, -0.05) is 0 Å². The molecule has 3 heterocycles. The zero-order valence-corrected chi connectivity index (χ0v) is 10.0. The number of likely N-dealkylation sites (N-methyl/N-ethyl adjacent to an activating group) is 1. The van der Waals surface area contributed by atoms with Gasteiger partial charge in [0.15, 0.2) is 5.65 Å². The second kappa shape index (κ2) is 4.00. The third kappa shape index (κ3) is 1.76. The maximum Gasteiger partial charge on any atom is 0.202 e. The molecule has 0 saturated carbocycles. The molecule has 0 spiro atoms. The van der Waals surface area contributed by atoms with Crippen LogP contribution in [0.15, 0.2) is 18.3 Å².